The molecule has 0 aromatic heterocycles. The van der Waals surface area contributed by atoms with E-state index < -0.39 is 10.0 Å². The van der Waals surface area contributed by atoms with Gasteiger partial charge < -0.3 is 10.6 Å². The number of rotatable bonds is 6. The Bertz CT molecular complexity index is 678. The molecule has 3 rings (SSSR count). The number of nitrogens with zero attached hydrogens (tertiary/aromatic N) is 2. The van der Waals surface area contributed by atoms with Gasteiger partial charge in [-0.1, -0.05) is 18.2 Å². The van der Waals surface area contributed by atoms with Gasteiger partial charge in [-0.2, -0.15) is 4.31 Å². The van der Waals surface area contributed by atoms with E-state index in [1.54, 1.807) is 35.6 Å². The van der Waals surface area contributed by atoms with Crippen LogP contribution in [0.1, 0.15) is 25.7 Å². The minimum Gasteiger partial charge on any atom is -0.356 e. The molecule has 6 nitrogen and oxygen atoms in total. The zero-order valence-corrected chi connectivity index (χ0v) is 15.6. The van der Waals surface area contributed by atoms with Crippen LogP contribution >= 0.6 is 0 Å². The molecule has 0 radical (unpaired) electrons. The minimum absolute atomic E-state index is 0.385. The largest absolute Gasteiger partial charge is 0.356 e. The van der Waals surface area contributed by atoms with E-state index in [1.807, 2.05) is 6.07 Å². The molecule has 2 fully saturated rings. The van der Waals surface area contributed by atoms with E-state index in [1.165, 1.54) is 12.8 Å². The van der Waals surface area contributed by atoms with E-state index in [2.05, 4.69) is 15.6 Å². The summed E-state index contributed by atoms with van der Waals surface area (Å²) in [6.45, 7) is 2.99. The predicted octanol–water partition coefficient (Wildman–Crippen LogP) is 1.66. The van der Waals surface area contributed by atoms with Gasteiger partial charge in [0.2, 0.25) is 10.0 Å². The molecule has 2 aliphatic rings. The zero-order chi connectivity index (χ0) is 17.7. The van der Waals surface area contributed by atoms with Gasteiger partial charge in [0.1, 0.15) is 0 Å². The number of aliphatic imine (C=N–C) groups is 1. The minimum atomic E-state index is -3.36. The fourth-order valence-corrected chi connectivity index (χ4v) is 4.61. The molecular formula is C18H28N4O2S. The standard InChI is InChI=1S/C18H28N4O2S/c1-19-18(20-13-15-7-8-15)21-14-16-9-11-22(12-10-16)25(23,24)17-5-3-2-4-6-17/h2-6,15-16H,7-14H2,1H3,(H2,19,20,21). The van der Waals surface area contributed by atoms with E-state index in [0.717, 1.165) is 37.8 Å². The number of nitrogens with one attached hydrogen (secondary N) is 2. The van der Waals surface area contributed by atoms with Crippen molar-refractivity contribution in [3.8, 4) is 0 Å². The van der Waals surface area contributed by atoms with Crippen LogP contribution in [-0.2, 0) is 10.0 Å². The molecule has 0 amide bonds. The lowest BCUT2D eigenvalue weighted by molar-refractivity contribution is 0.273. The summed E-state index contributed by atoms with van der Waals surface area (Å²) < 4.78 is 26.9. The fourth-order valence-electron chi connectivity index (χ4n) is 3.12. The van der Waals surface area contributed by atoms with Gasteiger partial charge in [0.25, 0.3) is 0 Å². The molecule has 25 heavy (non-hydrogen) atoms. The maximum atomic E-state index is 12.6. The van der Waals surface area contributed by atoms with Crippen LogP contribution in [0, 0.1) is 11.8 Å². The molecule has 1 aromatic rings. The molecule has 0 unspecified atom stereocenters. The fraction of sp³-hybridized carbons (Fsp3) is 0.611. The van der Waals surface area contributed by atoms with E-state index in [0.29, 0.717) is 23.9 Å². The summed E-state index contributed by atoms with van der Waals surface area (Å²) in [5.74, 6) is 2.14. The first-order chi connectivity index (χ1) is 12.1. The molecule has 1 saturated heterocycles. The first kappa shape index (κ1) is 18.2. The van der Waals surface area contributed by atoms with Crippen molar-refractivity contribution >= 4 is 16.0 Å². The maximum Gasteiger partial charge on any atom is 0.243 e. The number of benzene rings is 1. The topological polar surface area (TPSA) is 73.8 Å². The lowest BCUT2D eigenvalue weighted by Gasteiger charge is -2.31. The van der Waals surface area contributed by atoms with Crippen LogP contribution in [0.2, 0.25) is 0 Å². The molecule has 0 spiro atoms. The quantitative estimate of drug-likeness (QED) is 0.595. The van der Waals surface area contributed by atoms with Crippen LogP contribution in [0.3, 0.4) is 0 Å². The molecule has 1 saturated carbocycles. The van der Waals surface area contributed by atoms with E-state index in [9.17, 15) is 8.42 Å². The number of hydrogen-bond donors (Lipinski definition) is 2. The van der Waals surface area contributed by atoms with Gasteiger partial charge in [-0.15, -0.1) is 0 Å². The second-order valence-electron chi connectivity index (χ2n) is 6.94. The average Bonchev–Trinajstić information content (AvgIpc) is 3.47. The van der Waals surface area contributed by atoms with Gasteiger partial charge in [-0.05, 0) is 49.7 Å². The molecule has 1 aliphatic heterocycles. The highest BCUT2D eigenvalue weighted by Gasteiger charge is 2.29. The Morgan fingerprint density at radius 3 is 2.12 bits per heavy atom. The van der Waals surface area contributed by atoms with Crippen molar-refractivity contribution < 1.29 is 8.42 Å². The third kappa shape index (κ3) is 4.95. The third-order valence-electron chi connectivity index (χ3n) is 4.99. The van der Waals surface area contributed by atoms with Crippen molar-refractivity contribution in [1.82, 2.24) is 14.9 Å². The van der Waals surface area contributed by atoms with Crippen LogP contribution in [-0.4, -0.2) is 51.9 Å². The van der Waals surface area contributed by atoms with Gasteiger partial charge in [0.05, 0.1) is 4.90 Å². The SMILES string of the molecule is CN=C(NCC1CC1)NCC1CCN(S(=O)(=O)c2ccccc2)CC1. The number of guanidine groups is 1. The molecular weight excluding hydrogens is 336 g/mol. The highest BCUT2D eigenvalue weighted by molar-refractivity contribution is 7.89. The second kappa shape index (κ2) is 8.19. The summed E-state index contributed by atoms with van der Waals surface area (Å²) in [4.78, 5) is 4.64. The summed E-state index contributed by atoms with van der Waals surface area (Å²) in [5.41, 5.74) is 0. The Labute approximate surface area is 150 Å². The van der Waals surface area contributed by atoms with Gasteiger partial charge in [0.15, 0.2) is 5.96 Å². The lowest BCUT2D eigenvalue weighted by atomic mass is 9.98. The first-order valence-electron chi connectivity index (χ1n) is 9.09. The van der Waals surface area contributed by atoms with Crippen molar-refractivity contribution in [1.29, 1.82) is 0 Å². The highest BCUT2D eigenvalue weighted by Crippen LogP contribution is 2.27. The zero-order valence-electron chi connectivity index (χ0n) is 14.8. The van der Waals surface area contributed by atoms with Crippen LogP contribution in [0.5, 0.6) is 0 Å². The Hall–Kier alpha value is -1.60. The van der Waals surface area contributed by atoms with Gasteiger partial charge in [-0.3, -0.25) is 4.99 Å². The first-order valence-corrected chi connectivity index (χ1v) is 10.5. The van der Waals surface area contributed by atoms with Crippen LogP contribution < -0.4 is 10.6 Å². The summed E-state index contributed by atoms with van der Waals surface area (Å²) >= 11 is 0. The molecule has 0 bridgehead atoms. The summed E-state index contributed by atoms with van der Waals surface area (Å²) in [5, 5.41) is 6.74. The van der Waals surface area contributed by atoms with Crippen LogP contribution in [0.15, 0.2) is 40.2 Å². The van der Waals surface area contributed by atoms with Crippen molar-refractivity contribution in [3.63, 3.8) is 0 Å². The summed E-state index contributed by atoms with van der Waals surface area (Å²) in [7, 11) is -1.57. The summed E-state index contributed by atoms with van der Waals surface area (Å²) in [6.07, 6.45) is 4.38. The smallest absolute Gasteiger partial charge is 0.243 e. The molecule has 1 aliphatic carbocycles. The average molecular weight is 365 g/mol. The Balaban J connectivity index is 1.45. The normalized spacial score (nSPS) is 20.4. The number of hydrogen-bond acceptors (Lipinski definition) is 3. The molecule has 7 heteroatoms. The Kier molecular flexibility index (Phi) is 5.96. The van der Waals surface area contributed by atoms with Crippen molar-refractivity contribution in [2.24, 2.45) is 16.8 Å². The molecule has 1 aromatic carbocycles. The van der Waals surface area contributed by atoms with Gasteiger partial charge in [-0.25, -0.2) is 8.42 Å². The van der Waals surface area contributed by atoms with Crippen LogP contribution in [0.25, 0.3) is 0 Å². The maximum absolute atomic E-state index is 12.6. The van der Waals surface area contributed by atoms with E-state index in [4.69, 9.17) is 0 Å². The Morgan fingerprint density at radius 1 is 1.04 bits per heavy atom. The molecule has 1 heterocycles. The molecule has 2 N–H and O–H groups in total. The number of piperidine rings is 1. The highest BCUT2D eigenvalue weighted by atomic mass is 32.2. The molecule has 138 valence electrons. The second-order valence-corrected chi connectivity index (χ2v) is 8.88. The Morgan fingerprint density at radius 2 is 1.60 bits per heavy atom. The number of sulfonamides is 1. The monoisotopic (exact) mass is 364 g/mol. The summed E-state index contributed by atoms with van der Waals surface area (Å²) in [6, 6.07) is 8.70. The van der Waals surface area contributed by atoms with Crippen molar-refractivity contribution in [2.75, 3.05) is 33.2 Å². The predicted molar refractivity (Wildman–Crippen MR) is 100 cm³/mol. The van der Waals surface area contributed by atoms with Crippen molar-refractivity contribution in [3.05, 3.63) is 30.3 Å². The third-order valence-corrected chi connectivity index (χ3v) is 6.90. The van der Waals surface area contributed by atoms with E-state index in [-0.39, 0.29) is 0 Å². The van der Waals surface area contributed by atoms with Gasteiger partial charge in [0, 0.05) is 33.2 Å². The van der Waals surface area contributed by atoms with Crippen LogP contribution in [0.4, 0.5) is 0 Å². The lowest BCUT2D eigenvalue weighted by Crippen LogP contribution is -2.44. The van der Waals surface area contributed by atoms with Crippen molar-refractivity contribution in [2.45, 2.75) is 30.6 Å². The molecule has 0 atom stereocenters. The van der Waals surface area contributed by atoms with E-state index >= 15 is 0 Å². The van der Waals surface area contributed by atoms with Gasteiger partial charge >= 0.3 is 0 Å².